The van der Waals surface area contributed by atoms with Crippen LogP contribution in [-0.2, 0) is 4.79 Å². The van der Waals surface area contributed by atoms with Crippen LogP contribution in [0.3, 0.4) is 0 Å². The Kier molecular flexibility index (Phi) is 4.62. The van der Waals surface area contributed by atoms with E-state index in [9.17, 15) is 9.59 Å². The largest absolute Gasteiger partial charge is 0.440 e. The summed E-state index contributed by atoms with van der Waals surface area (Å²) in [5, 5.41) is 0. The van der Waals surface area contributed by atoms with E-state index in [0.29, 0.717) is 24.4 Å². The van der Waals surface area contributed by atoms with E-state index in [4.69, 9.17) is 9.15 Å². The summed E-state index contributed by atoms with van der Waals surface area (Å²) in [7, 11) is 0. The lowest BCUT2D eigenvalue weighted by molar-refractivity contribution is -0.131. The first kappa shape index (κ1) is 17.3. The summed E-state index contributed by atoms with van der Waals surface area (Å²) in [5.41, 5.74) is 2.27. The number of fused-ring (bicyclic) bond motifs is 1. The minimum absolute atomic E-state index is 0.0135. The van der Waals surface area contributed by atoms with Crippen molar-refractivity contribution in [3.8, 4) is 5.75 Å². The number of carbonyl (C=O) groups is 2. The summed E-state index contributed by atoms with van der Waals surface area (Å²) in [5.74, 6) is 1.03. The first-order chi connectivity index (χ1) is 13.1. The maximum Gasteiger partial charge on any atom is 0.308 e. The minimum atomic E-state index is -0.379. The smallest absolute Gasteiger partial charge is 0.308 e. The maximum absolute atomic E-state index is 12.7. The fourth-order valence-corrected chi connectivity index (χ4v) is 3.41. The van der Waals surface area contributed by atoms with E-state index in [-0.39, 0.29) is 17.8 Å². The highest BCUT2D eigenvalue weighted by molar-refractivity contribution is 5.94. The average molecular weight is 364 g/mol. The molecule has 1 amide bonds. The number of hydrogen-bond acceptors (Lipinski definition) is 5. The van der Waals surface area contributed by atoms with Gasteiger partial charge in [0, 0.05) is 31.5 Å². The molecule has 1 fully saturated rings. The monoisotopic (exact) mass is 364 g/mol. The molecule has 138 valence electrons. The molecular weight excluding hydrogens is 344 g/mol. The molecule has 6 heteroatoms. The van der Waals surface area contributed by atoms with Crippen molar-refractivity contribution in [1.82, 2.24) is 9.88 Å². The molecule has 0 saturated carbocycles. The van der Waals surface area contributed by atoms with Crippen molar-refractivity contribution < 1.29 is 18.7 Å². The molecular formula is C21H20N2O4. The second-order valence-corrected chi connectivity index (χ2v) is 6.70. The molecule has 1 aliphatic rings. The highest BCUT2D eigenvalue weighted by Crippen LogP contribution is 2.30. The molecule has 0 spiro atoms. The molecule has 0 radical (unpaired) electrons. The van der Waals surface area contributed by atoms with Crippen LogP contribution in [0.25, 0.3) is 11.1 Å². The number of hydrogen-bond donors (Lipinski definition) is 0. The van der Waals surface area contributed by atoms with Gasteiger partial charge in [-0.1, -0.05) is 12.1 Å². The third kappa shape index (κ3) is 3.69. The van der Waals surface area contributed by atoms with Crippen LogP contribution < -0.4 is 4.74 Å². The highest BCUT2D eigenvalue weighted by Gasteiger charge is 2.27. The molecule has 0 unspecified atom stereocenters. The van der Waals surface area contributed by atoms with Crippen molar-refractivity contribution in [3.63, 3.8) is 0 Å². The molecule has 3 aromatic rings. The van der Waals surface area contributed by atoms with Crippen molar-refractivity contribution in [2.75, 3.05) is 13.1 Å². The van der Waals surface area contributed by atoms with Crippen molar-refractivity contribution in [2.45, 2.75) is 25.7 Å². The number of rotatable bonds is 3. The zero-order valence-corrected chi connectivity index (χ0v) is 15.1. The van der Waals surface area contributed by atoms with Crippen LogP contribution in [0, 0.1) is 0 Å². The Bertz CT molecular complexity index is 936. The van der Waals surface area contributed by atoms with Gasteiger partial charge in [0.25, 0.3) is 5.91 Å². The van der Waals surface area contributed by atoms with Crippen molar-refractivity contribution >= 4 is 23.0 Å². The highest BCUT2D eigenvalue weighted by atomic mass is 16.5. The van der Waals surface area contributed by atoms with Crippen LogP contribution in [-0.4, -0.2) is 34.8 Å². The quantitative estimate of drug-likeness (QED) is 0.522. The van der Waals surface area contributed by atoms with Crippen molar-refractivity contribution in [3.05, 3.63) is 60.0 Å². The first-order valence-electron chi connectivity index (χ1n) is 9.03. The van der Waals surface area contributed by atoms with Crippen LogP contribution in [0.15, 0.2) is 52.9 Å². The van der Waals surface area contributed by atoms with Crippen molar-refractivity contribution in [1.29, 1.82) is 0 Å². The van der Waals surface area contributed by atoms with E-state index in [1.54, 1.807) is 24.3 Å². The Hall–Kier alpha value is -3.15. The molecule has 4 rings (SSSR count). The van der Waals surface area contributed by atoms with E-state index in [2.05, 4.69) is 4.98 Å². The predicted octanol–water partition coefficient (Wildman–Crippen LogP) is 3.77. The van der Waals surface area contributed by atoms with Gasteiger partial charge >= 0.3 is 5.97 Å². The third-order valence-corrected chi connectivity index (χ3v) is 4.80. The van der Waals surface area contributed by atoms with Crippen LogP contribution >= 0.6 is 0 Å². The van der Waals surface area contributed by atoms with Gasteiger partial charge in [-0.25, -0.2) is 4.98 Å². The molecule has 6 nitrogen and oxygen atoms in total. The molecule has 27 heavy (non-hydrogen) atoms. The van der Waals surface area contributed by atoms with E-state index < -0.39 is 0 Å². The van der Waals surface area contributed by atoms with Gasteiger partial charge in [0.05, 0.1) is 0 Å². The lowest BCUT2D eigenvalue weighted by atomic mass is 9.96. The standard InChI is InChI=1S/C21H20N2O4/c1-14(24)26-17-8-6-16(7-9-17)21(25)23-12-10-15(11-13-23)20-22-18-4-2-3-5-19(18)27-20/h2-9,15H,10-13H2,1H3. The Morgan fingerprint density at radius 3 is 2.44 bits per heavy atom. The topological polar surface area (TPSA) is 72.6 Å². The van der Waals surface area contributed by atoms with Crippen LogP contribution in [0.1, 0.15) is 41.9 Å². The average Bonchev–Trinajstić information content (AvgIpc) is 3.12. The maximum atomic E-state index is 12.7. The molecule has 0 atom stereocenters. The van der Waals surface area contributed by atoms with Crippen LogP contribution in [0.2, 0.25) is 0 Å². The third-order valence-electron chi connectivity index (χ3n) is 4.80. The molecule has 0 N–H and O–H groups in total. The van der Waals surface area contributed by atoms with Crippen LogP contribution in [0.4, 0.5) is 0 Å². The van der Waals surface area contributed by atoms with Gasteiger partial charge in [-0.3, -0.25) is 9.59 Å². The number of benzene rings is 2. The van der Waals surface area contributed by atoms with Gasteiger partial charge < -0.3 is 14.1 Å². The lowest BCUT2D eigenvalue weighted by Gasteiger charge is -2.30. The molecule has 0 bridgehead atoms. The molecule has 0 aliphatic carbocycles. The van der Waals surface area contributed by atoms with E-state index in [0.717, 1.165) is 29.8 Å². The molecule has 1 aliphatic heterocycles. The number of oxazole rings is 1. The number of esters is 1. The number of nitrogens with zero attached hydrogens (tertiary/aromatic N) is 2. The number of likely N-dealkylation sites (tertiary alicyclic amines) is 1. The summed E-state index contributed by atoms with van der Waals surface area (Å²) in [6, 6.07) is 14.4. The first-order valence-corrected chi connectivity index (χ1v) is 9.03. The number of ether oxygens (including phenoxy) is 1. The molecule has 2 aromatic carbocycles. The van der Waals surface area contributed by atoms with E-state index >= 15 is 0 Å². The Balaban J connectivity index is 1.39. The Morgan fingerprint density at radius 1 is 1.07 bits per heavy atom. The molecule has 1 aromatic heterocycles. The number of carbonyl (C=O) groups excluding carboxylic acids is 2. The number of amides is 1. The second kappa shape index (κ2) is 7.23. The fourth-order valence-electron chi connectivity index (χ4n) is 3.41. The minimum Gasteiger partial charge on any atom is -0.440 e. The Labute approximate surface area is 156 Å². The summed E-state index contributed by atoms with van der Waals surface area (Å²) in [6.45, 7) is 2.67. The van der Waals surface area contributed by atoms with Gasteiger partial charge in [-0.15, -0.1) is 0 Å². The van der Waals surface area contributed by atoms with Gasteiger partial charge in [0.2, 0.25) is 0 Å². The SMILES string of the molecule is CC(=O)Oc1ccc(C(=O)N2CCC(c3nc4ccccc4o3)CC2)cc1. The van der Waals surface area contributed by atoms with Gasteiger partial charge in [0.1, 0.15) is 11.3 Å². The van der Waals surface area contributed by atoms with E-state index in [1.165, 1.54) is 6.92 Å². The van der Waals surface area contributed by atoms with Gasteiger partial charge in [-0.2, -0.15) is 0 Å². The lowest BCUT2D eigenvalue weighted by Crippen LogP contribution is -2.37. The summed E-state index contributed by atoms with van der Waals surface area (Å²) in [6.07, 6.45) is 1.65. The number of aromatic nitrogens is 1. The molecule has 1 saturated heterocycles. The van der Waals surface area contributed by atoms with Crippen LogP contribution in [0.5, 0.6) is 5.75 Å². The predicted molar refractivity (Wildman–Crippen MR) is 99.6 cm³/mol. The zero-order valence-electron chi connectivity index (χ0n) is 15.1. The Morgan fingerprint density at radius 2 is 1.78 bits per heavy atom. The normalized spacial score (nSPS) is 15.1. The van der Waals surface area contributed by atoms with Gasteiger partial charge in [-0.05, 0) is 49.2 Å². The second-order valence-electron chi connectivity index (χ2n) is 6.70. The zero-order chi connectivity index (χ0) is 18.8. The summed E-state index contributed by atoms with van der Waals surface area (Å²) >= 11 is 0. The van der Waals surface area contributed by atoms with Crippen molar-refractivity contribution in [2.24, 2.45) is 0 Å². The summed E-state index contributed by atoms with van der Waals surface area (Å²) < 4.78 is 10.9. The molecule has 2 heterocycles. The number of piperidine rings is 1. The van der Waals surface area contributed by atoms with E-state index in [1.807, 2.05) is 29.2 Å². The van der Waals surface area contributed by atoms with Gasteiger partial charge in [0.15, 0.2) is 11.5 Å². The number of para-hydroxylation sites is 2. The fraction of sp³-hybridized carbons (Fsp3) is 0.286. The summed E-state index contributed by atoms with van der Waals surface area (Å²) in [4.78, 5) is 30.1.